The second-order valence-corrected chi connectivity index (χ2v) is 17.6. The van der Waals surface area contributed by atoms with Crippen LogP contribution in [0.5, 0.6) is 0 Å². The van der Waals surface area contributed by atoms with Gasteiger partial charge in [-0.25, -0.2) is 24.1 Å². The number of alkyl halides is 6. The van der Waals surface area contributed by atoms with Gasteiger partial charge in [-0.15, -0.1) is 0 Å². The van der Waals surface area contributed by atoms with Gasteiger partial charge in [0.15, 0.2) is 11.2 Å². The van der Waals surface area contributed by atoms with Crippen LogP contribution in [0.25, 0.3) is 0 Å². The van der Waals surface area contributed by atoms with Crippen molar-refractivity contribution < 1.29 is 83.0 Å². The summed E-state index contributed by atoms with van der Waals surface area (Å²) < 4.78 is 141. The standard InChI is InChI=1S/C33H43F6O12P/c1-16-6-8-22-18(24(32(34,35)36)44-26-30(22)20(16)10-12-28(3,46-26)48-50-30)14-42-52(40,41-5)43-15-19-23-9-7-17(2)21-11-13-29(4)47-27(31(21,23)51-49-29)45-25(19)33(37,38)39/h16-17,20-23,26-27H,6-15H2,1-5H3/t16-,17-,20?,21?,22+,23+,26-,27-,28+,29+,30-,31-,52?/m1/s1. The van der Waals surface area contributed by atoms with E-state index in [1.165, 1.54) is 0 Å². The van der Waals surface area contributed by atoms with Crippen molar-refractivity contribution in [3.63, 3.8) is 0 Å². The van der Waals surface area contributed by atoms with E-state index in [1.807, 2.05) is 13.8 Å². The molecule has 0 aromatic heterocycles. The summed E-state index contributed by atoms with van der Waals surface area (Å²) in [6.45, 7) is 5.15. The predicted molar refractivity (Wildman–Crippen MR) is 160 cm³/mol. The molecule has 8 fully saturated rings. The van der Waals surface area contributed by atoms with Gasteiger partial charge in [-0.05, 0) is 64.2 Å². The Hall–Kier alpha value is -1.47. The first-order valence-electron chi connectivity index (χ1n) is 17.8. The zero-order valence-corrected chi connectivity index (χ0v) is 30.2. The lowest BCUT2D eigenvalue weighted by Gasteiger charge is -2.57. The number of hydrogen-bond donors (Lipinski definition) is 0. The molecule has 12 atom stereocenters. The third kappa shape index (κ3) is 5.63. The number of rotatable bonds is 7. The van der Waals surface area contributed by atoms with E-state index < -0.39 is 103 Å². The van der Waals surface area contributed by atoms with Crippen molar-refractivity contribution in [2.24, 2.45) is 35.5 Å². The quantitative estimate of drug-likeness (QED) is 0.142. The summed E-state index contributed by atoms with van der Waals surface area (Å²) >= 11 is 0. The number of allylic oxidation sites excluding steroid dienone is 2. The third-order valence-electron chi connectivity index (χ3n) is 12.8. The molecule has 19 heteroatoms. The maximum atomic E-state index is 14.7. The summed E-state index contributed by atoms with van der Waals surface area (Å²) in [6.07, 6.45) is -9.78. The van der Waals surface area contributed by atoms with Crippen LogP contribution in [0, 0.1) is 35.5 Å². The molecule has 294 valence electrons. The smallest absolute Gasteiger partial charge is 0.456 e. The van der Waals surface area contributed by atoms with Gasteiger partial charge in [0, 0.05) is 54.8 Å². The minimum atomic E-state index is -5.03. The van der Waals surface area contributed by atoms with Gasteiger partial charge >= 0.3 is 20.2 Å². The van der Waals surface area contributed by atoms with Crippen molar-refractivity contribution in [2.75, 3.05) is 20.3 Å². The van der Waals surface area contributed by atoms with Crippen LogP contribution in [-0.4, -0.2) is 68.0 Å². The van der Waals surface area contributed by atoms with Crippen LogP contribution in [0.15, 0.2) is 22.7 Å². The summed E-state index contributed by atoms with van der Waals surface area (Å²) in [5.74, 6) is -8.09. The molecule has 4 bridgehead atoms. The van der Waals surface area contributed by atoms with Crippen LogP contribution in [0.2, 0.25) is 0 Å². The molecule has 0 amide bonds. The van der Waals surface area contributed by atoms with Crippen LogP contribution in [0.4, 0.5) is 26.3 Å². The highest BCUT2D eigenvalue weighted by Gasteiger charge is 2.72. The van der Waals surface area contributed by atoms with E-state index in [0.717, 1.165) is 7.11 Å². The average Bonchev–Trinajstić information content (AvgIpc) is 3.45. The van der Waals surface area contributed by atoms with E-state index in [2.05, 4.69) is 0 Å². The highest BCUT2D eigenvalue weighted by molar-refractivity contribution is 7.48. The molecular formula is C33H43F6O12P. The molecule has 0 aromatic carbocycles. The van der Waals surface area contributed by atoms with Crippen molar-refractivity contribution in [2.45, 2.75) is 127 Å². The fourth-order valence-electron chi connectivity index (χ4n) is 10.2. The molecule has 2 aliphatic carbocycles. The molecule has 6 saturated heterocycles. The summed E-state index contributed by atoms with van der Waals surface area (Å²) in [7, 11) is -3.94. The molecular weight excluding hydrogens is 733 g/mol. The third-order valence-corrected chi connectivity index (χ3v) is 14.1. The highest BCUT2D eigenvalue weighted by atomic mass is 31.2. The molecule has 8 heterocycles. The topological polar surface area (TPSA) is 119 Å². The van der Waals surface area contributed by atoms with E-state index in [4.69, 9.17) is 52.1 Å². The number of phosphoric acid groups is 1. The Morgan fingerprint density at radius 2 is 1.08 bits per heavy atom. The van der Waals surface area contributed by atoms with Crippen LogP contribution in [-0.2, 0) is 56.6 Å². The first-order valence-corrected chi connectivity index (χ1v) is 19.2. The molecule has 10 aliphatic rings. The van der Waals surface area contributed by atoms with Gasteiger partial charge in [0.1, 0.15) is 0 Å². The van der Waals surface area contributed by atoms with E-state index in [0.29, 0.717) is 38.5 Å². The lowest BCUT2D eigenvalue weighted by molar-refractivity contribution is -0.557. The van der Waals surface area contributed by atoms with Crippen LogP contribution in [0.3, 0.4) is 0 Å². The monoisotopic (exact) mass is 776 g/mol. The normalized spacial score (nSPS) is 46.8. The Labute approximate surface area is 296 Å². The van der Waals surface area contributed by atoms with Gasteiger partial charge in [0.05, 0.1) is 13.2 Å². The Morgan fingerprint density at radius 1 is 0.673 bits per heavy atom. The van der Waals surface area contributed by atoms with E-state index >= 15 is 0 Å². The van der Waals surface area contributed by atoms with Crippen molar-refractivity contribution in [3.05, 3.63) is 22.7 Å². The van der Waals surface area contributed by atoms with Crippen LogP contribution in [0.1, 0.15) is 79.1 Å². The molecule has 0 aromatic rings. The zero-order valence-electron chi connectivity index (χ0n) is 29.3. The number of fused-ring (bicyclic) bond motifs is 4. The average molecular weight is 777 g/mol. The fourth-order valence-corrected chi connectivity index (χ4v) is 11.1. The maximum Gasteiger partial charge on any atom is 0.475 e. The lowest BCUT2D eigenvalue weighted by atomic mass is 9.59. The molecule has 0 N–H and O–H groups in total. The second kappa shape index (κ2) is 12.3. The largest absolute Gasteiger partial charge is 0.475 e. The predicted octanol–water partition coefficient (Wildman–Crippen LogP) is 7.90. The van der Waals surface area contributed by atoms with Gasteiger partial charge in [0.25, 0.3) is 0 Å². The first kappa shape index (κ1) is 37.5. The molecule has 2 unspecified atom stereocenters. The van der Waals surface area contributed by atoms with Gasteiger partial charge in [-0.3, -0.25) is 13.6 Å². The van der Waals surface area contributed by atoms with Gasteiger partial charge in [-0.1, -0.05) is 13.8 Å². The zero-order chi connectivity index (χ0) is 37.3. The number of phosphoric ester groups is 1. The molecule has 8 aliphatic heterocycles. The molecule has 2 saturated carbocycles. The number of hydrogen-bond acceptors (Lipinski definition) is 12. The van der Waals surface area contributed by atoms with Crippen molar-refractivity contribution >= 4 is 7.82 Å². The molecule has 12 nitrogen and oxygen atoms in total. The van der Waals surface area contributed by atoms with Crippen molar-refractivity contribution in [1.82, 2.24) is 0 Å². The van der Waals surface area contributed by atoms with Crippen LogP contribution >= 0.6 is 7.82 Å². The molecule has 0 radical (unpaired) electrons. The van der Waals surface area contributed by atoms with E-state index in [9.17, 15) is 30.9 Å². The maximum absolute atomic E-state index is 14.7. The van der Waals surface area contributed by atoms with Gasteiger partial charge in [0.2, 0.25) is 35.7 Å². The number of halogens is 6. The summed E-state index contributed by atoms with van der Waals surface area (Å²) in [4.78, 5) is 23.2. The second-order valence-electron chi connectivity index (χ2n) is 15.8. The van der Waals surface area contributed by atoms with Gasteiger partial charge < -0.3 is 18.9 Å². The summed E-state index contributed by atoms with van der Waals surface area (Å²) in [5, 5.41) is 0. The SMILES string of the molecule is COP(=O)(OCC1=C(C(F)(F)F)O[C@@H]2O[C@]3(C)CCC4[C@H](C)CC[C@@H]1[C@]42OO3)OCC1=C(C(F)(F)F)O[C@@H]2O[C@]3(C)CCC4[C@H](C)CC[C@@H]1[C@]42OO3. The van der Waals surface area contributed by atoms with Crippen molar-refractivity contribution in [3.8, 4) is 0 Å². The molecule has 2 spiro atoms. The Kier molecular flexibility index (Phi) is 8.83. The fraction of sp³-hybridized carbons (Fsp3) is 0.879. The summed E-state index contributed by atoms with van der Waals surface area (Å²) in [6, 6.07) is 0. The highest BCUT2D eigenvalue weighted by Crippen LogP contribution is 2.64. The lowest BCUT2D eigenvalue weighted by Crippen LogP contribution is -2.67. The minimum absolute atomic E-state index is 0.0133. The number of ether oxygens (including phenoxy) is 4. The Balaban J connectivity index is 1.10. The molecule has 52 heavy (non-hydrogen) atoms. The molecule has 10 rings (SSSR count). The minimum Gasteiger partial charge on any atom is -0.456 e. The summed E-state index contributed by atoms with van der Waals surface area (Å²) in [5.41, 5.74) is -3.80. The van der Waals surface area contributed by atoms with E-state index in [1.54, 1.807) is 13.8 Å². The van der Waals surface area contributed by atoms with Crippen molar-refractivity contribution in [1.29, 1.82) is 0 Å². The Bertz CT molecular complexity index is 1460. The first-order chi connectivity index (χ1) is 24.3. The van der Waals surface area contributed by atoms with E-state index in [-0.39, 0.29) is 36.5 Å². The van der Waals surface area contributed by atoms with Gasteiger partial charge in [-0.2, -0.15) is 26.3 Å². The van der Waals surface area contributed by atoms with Crippen LogP contribution < -0.4 is 0 Å². The Morgan fingerprint density at radius 3 is 1.44 bits per heavy atom.